The highest BCUT2D eigenvalue weighted by Gasteiger charge is 2.09. The lowest BCUT2D eigenvalue weighted by molar-refractivity contribution is 1.15. The van der Waals surface area contributed by atoms with Crippen LogP contribution in [0.4, 0.5) is 5.69 Å². The third-order valence-electron chi connectivity index (χ3n) is 2.45. The molecule has 2 aromatic carbocycles. The standard InChI is InChI=1S/C13H9Cl4N/c14-8-1-3-9(4-2-8)18-7-10-11(15)5-6-12(16)13(10)17/h1-6,18H,7H2. The molecule has 0 aliphatic rings. The summed E-state index contributed by atoms with van der Waals surface area (Å²) in [6.45, 7) is 0.500. The van der Waals surface area contributed by atoms with Gasteiger partial charge < -0.3 is 5.32 Å². The van der Waals surface area contributed by atoms with E-state index < -0.39 is 0 Å². The second-order valence-corrected chi connectivity index (χ2v) is 5.31. The van der Waals surface area contributed by atoms with Crippen molar-refractivity contribution in [2.24, 2.45) is 0 Å². The van der Waals surface area contributed by atoms with Gasteiger partial charge in [0.15, 0.2) is 0 Å². The van der Waals surface area contributed by atoms with Gasteiger partial charge in [-0.05, 0) is 36.4 Å². The molecule has 1 N–H and O–H groups in total. The van der Waals surface area contributed by atoms with Crippen LogP contribution in [0.1, 0.15) is 5.56 Å². The lowest BCUT2D eigenvalue weighted by Crippen LogP contribution is -2.01. The Bertz CT molecular complexity index is 552. The minimum Gasteiger partial charge on any atom is -0.381 e. The molecule has 0 aliphatic carbocycles. The second kappa shape index (κ2) is 6.03. The molecule has 0 unspecified atom stereocenters. The number of benzene rings is 2. The Kier molecular flexibility index (Phi) is 4.63. The van der Waals surface area contributed by atoms with Gasteiger partial charge in [0.1, 0.15) is 0 Å². The van der Waals surface area contributed by atoms with Crippen LogP contribution >= 0.6 is 46.4 Å². The molecule has 18 heavy (non-hydrogen) atoms. The van der Waals surface area contributed by atoms with Crippen LogP contribution in [0, 0.1) is 0 Å². The number of nitrogens with one attached hydrogen (secondary N) is 1. The first-order chi connectivity index (χ1) is 8.58. The first kappa shape index (κ1) is 13.8. The summed E-state index contributed by atoms with van der Waals surface area (Å²) in [7, 11) is 0. The lowest BCUT2D eigenvalue weighted by atomic mass is 10.2. The van der Waals surface area contributed by atoms with Crippen molar-refractivity contribution >= 4 is 52.1 Å². The zero-order valence-electron chi connectivity index (χ0n) is 9.18. The molecule has 0 atom stereocenters. The van der Waals surface area contributed by atoms with Crippen molar-refractivity contribution in [1.29, 1.82) is 0 Å². The Morgan fingerprint density at radius 1 is 0.778 bits per heavy atom. The predicted octanol–water partition coefficient (Wildman–Crippen LogP) is 5.91. The van der Waals surface area contributed by atoms with Gasteiger partial charge in [-0.3, -0.25) is 0 Å². The smallest absolute Gasteiger partial charge is 0.0657 e. The predicted molar refractivity (Wildman–Crippen MR) is 80.3 cm³/mol. The zero-order valence-corrected chi connectivity index (χ0v) is 12.2. The molecule has 0 fully saturated rings. The summed E-state index contributed by atoms with van der Waals surface area (Å²) < 4.78 is 0. The third-order valence-corrected chi connectivity index (χ3v) is 3.90. The molecule has 0 amide bonds. The number of hydrogen-bond donors (Lipinski definition) is 1. The molecule has 0 spiro atoms. The first-order valence-corrected chi connectivity index (χ1v) is 6.71. The summed E-state index contributed by atoms with van der Waals surface area (Å²) in [5.74, 6) is 0. The van der Waals surface area contributed by atoms with E-state index in [1.165, 1.54) is 0 Å². The molecule has 0 aromatic heterocycles. The van der Waals surface area contributed by atoms with E-state index >= 15 is 0 Å². The van der Waals surface area contributed by atoms with Crippen LogP contribution in [0.15, 0.2) is 36.4 Å². The van der Waals surface area contributed by atoms with Gasteiger partial charge in [-0.2, -0.15) is 0 Å². The summed E-state index contributed by atoms with van der Waals surface area (Å²) in [6.07, 6.45) is 0. The summed E-state index contributed by atoms with van der Waals surface area (Å²) in [5, 5.41) is 5.47. The van der Waals surface area contributed by atoms with Gasteiger partial charge in [-0.1, -0.05) is 46.4 Å². The van der Waals surface area contributed by atoms with Crippen LogP contribution in [-0.2, 0) is 6.54 Å². The fraction of sp³-hybridized carbons (Fsp3) is 0.0769. The van der Waals surface area contributed by atoms with Gasteiger partial charge >= 0.3 is 0 Å². The van der Waals surface area contributed by atoms with Crippen LogP contribution < -0.4 is 5.32 Å². The molecule has 5 heteroatoms. The Morgan fingerprint density at radius 2 is 1.39 bits per heavy atom. The molecule has 0 radical (unpaired) electrons. The topological polar surface area (TPSA) is 12.0 Å². The molecule has 1 nitrogen and oxygen atoms in total. The van der Waals surface area contributed by atoms with Gasteiger partial charge in [0.05, 0.1) is 10.0 Å². The van der Waals surface area contributed by atoms with Crippen molar-refractivity contribution in [2.45, 2.75) is 6.54 Å². The molecule has 0 saturated carbocycles. The Hall–Kier alpha value is -0.600. The average Bonchev–Trinajstić information content (AvgIpc) is 2.36. The molecule has 2 aromatic rings. The monoisotopic (exact) mass is 319 g/mol. The van der Waals surface area contributed by atoms with E-state index in [2.05, 4.69) is 5.32 Å². The van der Waals surface area contributed by atoms with Gasteiger partial charge in [0, 0.05) is 27.8 Å². The fourth-order valence-corrected chi connectivity index (χ4v) is 2.30. The highest BCUT2D eigenvalue weighted by atomic mass is 35.5. The van der Waals surface area contributed by atoms with Crippen molar-refractivity contribution in [1.82, 2.24) is 0 Å². The maximum absolute atomic E-state index is 6.11. The molecule has 0 bridgehead atoms. The van der Waals surface area contributed by atoms with Gasteiger partial charge in [-0.15, -0.1) is 0 Å². The van der Waals surface area contributed by atoms with Crippen molar-refractivity contribution in [3.8, 4) is 0 Å². The second-order valence-electron chi connectivity index (χ2n) is 3.68. The molecule has 0 saturated heterocycles. The van der Waals surface area contributed by atoms with E-state index in [0.717, 1.165) is 11.3 Å². The van der Waals surface area contributed by atoms with Crippen molar-refractivity contribution in [2.75, 3.05) is 5.32 Å². The summed E-state index contributed by atoms with van der Waals surface area (Å²) >= 11 is 24.0. The van der Waals surface area contributed by atoms with E-state index in [9.17, 15) is 0 Å². The maximum Gasteiger partial charge on any atom is 0.0657 e. The highest BCUT2D eigenvalue weighted by Crippen LogP contribution is 2.31. The maximum atomic E-state index is 6.11. The fourth-order valence-electron chi connectivity index (χ4n) is 1.49. The van der Waals surface area contributed by atoms with Crippen molar-refractivity contribution in [3.63, 3.8) is 0 Å². The summed E-state index contributed by atoms with van der Waals surface area (Å²) in [5.41, 5.74) is 1.72. The third kappa shape index (κ3) is 3.24. The highest BCUT2D eigenvalue weighted by molar-refractivity contribution is 6.44. The van der Waals surface area contributed by atoms with Gasteiger partial charge in [0.2, 0.25) is 0 Å². The van der Waals surface area contributed by atoms with Crippen LogP contribution in [-0.4, -0.2) is 0 Å². The molecule has 94 valence electrons. The molecule has 0 heterocycles. The zero-order chi connectivity index (χ0) is 13.1. The van der Waals surface area contributed by atoms with E-state index in [1.807, 2.05) is 24.3 Å². The van der Waals surface area contributed by atoms with Crippen LogP contribution in [0.25, 0.3) is 0 Å². The SMILES string of the molecule is Clc1ccc(NCc2c(Cl)ccc(Cl)c2Cl)cc1. The minimum absolute atomic E-state index is 0.477. The van der Waals surface area contributed by atoms with E-state index in [-0.39, 0.29) is 0 Å². The minimum atomic E-state index is 0.477. The lowest BCUT2D eigenvalue weighted by Gasteiger charge is -2.11. The number of anilines is 1. The summed E-state index contributed by atoms with van der Waals surface area (Å²) in [4.78, 5) is 0. The molecular weight excluding hydrogens is 312 g/mol. The first-order valence-electron chi connectivity index (χ1n) is 5.20. The average molecular weight is 321 g/mol. The van der Waals surface area contributed by atoms with E-state index in [0.29, 0.717) is 26.6 Å². The van der Waals surface area contributed by atoms with Crippen molar-refractivity contribution in [3.05, 3.63) is 62.1 Å². The van der Waals surface area contributed by atoms with E-state index in [4.69, 9.17) is 46.4 Å². The quantitative estimate of drug-likeness (QED) is 0.693. The molecular formula is C13H9Cl4N. The van der Waals surface area contributed by atoms with Gasteiger partial charge in [-0.25, -0.2) is 0 Å². The van der Waals surface area contributed by atoms with E-state index in [1.54, 1.807) is 12.1 Å². The normalized spacial score (nSPS) is 10.4. The number of halogens is 4. The Balaban J connectivity index is 2.15. The molecule has 0 aliphatic heterocycles. The van der Waals surface area contributed by atoms with Crippen LogP contribution in [0.5, 0.6) is 0 Å². The van der Waals surface area contributed by atoms with Crippen LogP contribution in [0.3, 0.4) is 0 Å². The largest absolute Gasteiger partial charge is 0.381 e. The number of rotatable bonds is 3. The Labute approximate surface area is 126 Å². The van der Waals surface area contributed by atoms with Crippen molar-refractivity contribution < 1.29 is 0 Å². The Morgan fingerprint density at radius 3 is 2.06 bits per heavy atom. The molecule has 2 rings (SSSR count). The number of hydrogen-bond acceptors (Lipinski definition) is 1. The summed E-state index contributed by atoms with van der Waals surface area (Å²) in [6, 6.07) is 10.8. The van der Waals surface area contributed by atoms with Crippen LogP contribution in [0.2, 0.25) is 20.1 Å². The van der Waals surface area contributed by atoms with Gasteiger partial charge in [0.25, 0.3) is 0 Å².